The van der Waals surface area contributed by atoms with Gasteiger partial charge in [0.15, 0.2) is 0 Å². The minimum atomic E-state index is -0.335. The Morgan fingerprint density at radius 3 is 2.52 bits per heavy atom. The zero-order chi connectivity index (χ0) is 17.6. The number of urea groups is 1. The van der Waals surface area contributed by atoms with Gasteiger partial charge in [-0.25, -0.2) is 4.79 Å². The van der Waals surface area contributed by atoms with Gasteiger partial charge < -0.3 is 5.32 Å². The summed E-state index contributed by atoms with van der Waals surface area (Å²) < 4.78 is 0. The van der Waals surface area contributed by atoms with Gasteiger partial charge in [0.1, 0.15) is 5.01 Å². The van der Waals surface area contributed by atoms with E-state index in [0.29, 0.717) is 5.13 Å². The summed E-state index contributed by atoms with van der Waals surface area (Å²) in [6.45, 7) is 4.04. The first kappa shape index (κ1) is 16.9. The van der Waals surface area contributed by atoms with Crippen LogP contribution in [0.15, 0.2) is 48.5 Å². The predicted molar refractivity (Wildman–Crippen MR) is 104 cm³/mol. The largest absolute Gasteiger partial charge is 0.325 e. The number of nitrogens with one attached hydrogen (secondary N) is 2. The minimum Gasteiger partial charge on any atom is -0.308 e. The third-order valence-electron chi connectivity index (χ3n) is 3.64. The van der Waals surface area contributed by atoms with E-state index >= 15 is 0 Å². The molecule has 2 amide bonds. The van der Waals surface area contributed by atoms with Crippen molar-refractivity contribution in [3.05, 3.63) is 70.2 Å². The Balaban J connectivity index is 1.60. The molecule has 0 bridgehead atoms. The second kappa shape index (κ2) is 7.72. The number of hydrogen-bond acceptors (Lipinski definition) is 4. The number of carbonyl (C=O) groups excluding carboxylic acids is 1. The molecule has 0 fully saturated rings. The lowest BCUT2D eigenvalue weighted by molar-refractivity contribution is 0.262. The van der Waals surface area contributed by atoms with Gasteiger partial charge in [0, 0.05) is 5.69 Å². The number of aromatic nitrogens is 2. The molecule has 1 aromatic heterocycles. The molecule has 126 valence electrons. The zero-order valence-corrected chi connectivity index (χ0v) is 14.8. The highest BCUT2D eigenvalue weighted by molar-refractivity contribution is 7.16. The number of nitrogens with zero attached hydrogens (tertiary/aromatic N) is 2. The van der Waals surface area contributed by atoms with E-state index in [0.717, 1.165) is 21.8 Å². The lowest BCUT2D eigenvalue weighted by Crippen LogP contribution is -2.19. The average molecular weight is 350 g/mol. The lowest BCUT2D eigenvalue weighted by atomic mass is 10.1. The normalized spacial score (nSPS) is 10.8. The molecular formula is C19H18N4OS. The van der Waals surface area contributed by atoms with Crippen molar-refractivity contribution in [2.45, 2.75) is 13.8 Å². The van der Waals surface area contributed by atoms with Crippen LogP contribution < -0.4 is 10.6 Å². The molecule has 1 heterocycles. The first-order chi connectivity index (χ1) is 12.1. The third-order valence-corrected chi connectivity index (χ3v) is 4.45. The SMILES string of the molecule is Cc1ccc(NC(=O)Nc2nnc(/C=C/c3ccccc3)s2)cc1C. The minimum absolute atomic E-state index is 0.335. The van der Waals surface area contributed by atoms with Gasteiger partial charge in [-0.05, 0) is 48.7 Å². The lowest BCUT2D eigenvalue weighted by Gasteiger charge is -2.07. The Hall–Kier alpha value is -2.99. The Bertz CT molecular complexity index is 903. The second-order valence-electron chi connectivity index (χ2n) is 5.57. The number of rotatable bonds is 4. The molecule has 2 aromatic carbocycles. The molecule has 6 heteroatoms. The zero-order valence-electron chi connectivity index (χ0n) is 14.0. The van der Waals surface area contributed by atoms with Crippen molar-refractivity contribution in [1.29, 1.82) is 0 Å². The van der Waals surface area contributed by atoms with Crippen LogP contribution in [-0.4, -0.2) is 16.2 Å². The first-order valence-corrected chi connectivity index (χ1v) is 8.64. The Labute approximate surface area is 150 Å². The molecule has 0 unspecified atom stereocenters. The maximum atomic E-state index is 12.1. The monoisotopic (exact) mass is 350 g/mol. The highest BCUT2D eigenvalue weighted by Gasteiger charge is 2.07. The predicted octanol–water partition coefficient (Wildman–Crippen LogP) is 4.97. The fourth-order valence-electron chi connectivity index (χ4n) is 2.16. The number of hydrogen-bond donors (Lipinski definition) is 2. The molecule has 0 saturated carbocycles. The van der Waals surface area contributed by atoms with Crippen LogP contribution in [0, 0.1) is 13.8 Å². The van der Waals surface area contributed by atoms with E-state index in [9.17, 15) is 4.79 Å². The van der Waals surface area contributed by atoms with Crippen LogP contribution in [0.2, 0.25) is 0 Å². The van der Waals surface area contributed by atoms with Crippen molar-refractivity contribution in [3.8, 4) is 0 Å². The van der Waals surface area contributed by atoms with E-state index in [1.54, 1.807) is 0 Å². The van der Waals surface area contributed by atoms with Crippen LogP contribution in [0.5, 0.6) is 0 Å². The van der Waals surface area contributed by atoms with E-state index in [1.165, 1.54) is 16.9 Å². The summed E-state index contributed by atoms with van der Waals surface area (Å²) in [4.78, 5) is 12.1. The molecule has 2 N–H and O–H groups in total. The summed E-state index contributed by atoms with van der Waals surface area (Å²) >= 11 is 1.32. The summed E-state index contributed by atoms with van der Waals surface area (Å²) in [5.41, 5.74) is 4.14. The smallest absolute Gasteiger partial charge is 0.308 e. The number of anilines is 2. The van der Waals surface area contributed by atoms with Crippen molar-refractivity contribution in [3.63, 3.8) is 0 Å². The molecule has 0 saturated heterocycles. The van der Waals surface area contributed by atoms with E-state index in [-0.39, 0.29) is 6.03 Å². The maximum Gasteiger partial charge on any atom is 0.325 e. The molecule has 0 aliphatic rings. The van der Waals surface area contributed by atoms with Crippen LogP contribution >= 0.6 is 11.3 Å². The molecule has 0 aliphatic heterocycles. The highest BCUT2D eigenvalue weighted by Crippen LogP contribution is 2.19. The van der Waals surface area contributed by atoms with Crippen molar-refractivity contribution in [2.24, 2.45) is 0 Å². The summed E-state index contributed by atoms with van der Waals surface area (Å²) in [5.74, 6) is 0. The summed E-state index contributed by atoms with van der Waals surface area (Å²) in [6.07, 6.45) is 3.83. The molecule has 3 rings (SSSR count). The summed E-state index contributed by atoms with van der Waals surface area (Å²) in [7, 11) is 0. The van der Waals surface area contributed by atoms with E-state index in [4.69, 9.17) is 0 Å². The fourth-order valence-corrected chi connectivity index (χ4v) is 2.80. The van der Waals surface area contributed by atoms with Gasteiger partial charge in [0.2, 0.25) is 5.13 Å². The molecular weight excluding hydrogens is 332 g/mol. The summed E-state index contributed by atoms with van der Waals surface area (Å²) in [6, 6.07) is 15.4. The van der Waals surface area contributed by atoms with Gasteiger partial charge in [-0.15, -0.1) is 10.2 Å². The quantitative estimate of drug-likeness (QED) is 0.698. The Morgan fingerprint density at radius 2 is 1.76 bits per heavy atom. The second-order valence-corrected chi connectivity index (χ2v) is 6.58. The number of amides is 2. The van der Waals surface area contributed by atoms with Gasteiger partial charge >= 0.3 is 6.03 Å². The van der Waals surface area contributed by atoms with Crippen LogP contribution in [0.1, 0.15) is 21.7 Å². The van der Waals surface area contributed by atoms with Gasteiger partial charge in [-0.3, -0.25) is 5.32 Å². The van der Waals surface area contributed by atoms with Crippen LogP contribution in [0.25, 0.3) is 12.2 Å². The maximum absolute atomic E-state index is 12.1. The Kier molecular flexibility index (Phi) is 5.20. The van der Waals surface area contributed by atoms with E-state index in [2.05, 4.69) is 20.8 Å². The standard InChI is InChI=1S/C19H18N4OS/c1-13-8-10-16(12-14(13)2)20-18(24)21-19-23-22-17(25-19)11-9-15-6-4-3-5-7-15/h3-12H,1-2H3,(H2,20,21,23,24)/b11-9+. The van der Waals surface area contributed by atoms with Crippen molar-refractivity contribution in [2.75, 3.05) is 10.6 Å². The average Bonchev–Trinajstić information content (AvgIpc) is 3.04. The molecule has 25 heavy (non-hydrogen) atoms. The van der Waals surface area contributed by atoms with Crippen LogP contribution in [0.3, 0.4) is 0 Å². The number of benzene rings is 2. The van der Waals surface area contributed by atoms with Crippen molar-refractivity contribution < 1.29 is 4.79 Å². The van der Waals surface area contributed by atoms with E-state index < -0.39 is 0 Å². The molecule has 0 spiro atoms. The van der Waals surface area contributed by atoms with Crippen molar-refractivity contribution in [1.82, 2.24) is 10.2 Å². The molecule has 0 radical (unpaired) electrons. The third kappa shape index (κ3) is 4.74. The van der Waals surface area contributed by atoms with Crippen molar-refractivity contribution >= 4 is 40.3 Å². The van der Waals surface area contributed by atoms with Gasteiger partial charge in [-0.1, -0.05) is 53.8 Å². The number of aryl methyl sites for hydroxylation is 2. The fraction of sp³-hybridized carbons (Fsp3) is 0.105. The van der Waals surface area contributed by atoms with Crippen LogP contribution in [-0.2, 0) is 0 Å². The Morgan fingerprint density at radius 1 is 0.960 bits per heavy atom. The first-order valence-electron chi connectivity index (χ1n) is 7.82. The topological polar surface area (TPSA) is 66.9 Å². The van der Waals surface area contributed by atoms with Crippen LogP contribution in [0.4, 0.5) is 15.6 Å². The highest BCUT2D eigenvalue weighted by atomic mass is 32.1. The van der Waals surface area contributed by atoms with Gasteiger partial charge in [0.25, 0.3) is 0 Å². The molecule has 0 atom stereocenters. The van der Waals surface area contributed by atoms with Gasteiger partial charge in [0.05, 0.1) is 0 Å². The van der Waals surface area contributed by atoms with E-state index in [1.807, 2.05) is 74.5 Å². The molecule has 5 nitrogen and oxygen atoms in total. The molecule has 0 aliphatic carbocycles. The van der Waals surface area contributed by atoms with Gasteiger partial charge in [-0.2, -0.15) is 0 Å². The number of carbonyl (C=O) groups is 1. The molecule has 3 aromatic rings. The summed E-state index contributed by atoms with van der Waals surface area (Å²) in [5, 5.41) is 14.7.